The Balaban J connectivity index is 2.52. The lowest BCUT2D eigenvalue weighted by Gasteiger charge is -2.11. The lowest BCUT2D eigenvalue weighted by Crippen LogP contribution is -2.19. The van der Waals surface area contributed by atoms with E-state index in [9.17, 15) is 5.11 Å². The number of benzene rings is 1. The molecular formula is C13H20BrNO3. The molecule has 0 aromatic heterocycles. The monoisotopic (exact) mass is 317 g/mol. The Morgan fingerprint density at radius 2 is 2.22 bits per heavy atom. The highest BCUT2D eigenvalue weighted by Gasteiger charge is 2.04. The molecule has 102 valence electrons. The first kappa shape index (κ1) is 15.4. The second-order valence-corrected chi connectivity index (χ2v) is 4.94. The van der Waals surface area contributed by atoms with Crippen LogP contribution in [0.5, 0.6) is 5.75 Å². The van der Waals surface area contributed by atoms with Gasteiger partial charge in [0.1, 0.15) is 12.4 Å². The molecule has 1 atom stereocenters. The van der Waals surface area contributed by atoms with Gasteiger partial charge in [0, 0.05) is 24.7 Å². The van der Waals surface area contributed by atoms with Crippen LogP contribution in [0, 0.1) is 0 Å². The Labute approximate surface area is 116 Å². The van der Waals surface area contributed by atoms with Crippen molar-refractivity contribution in [1.29, 1.82) is 0 Å². The van der Waals surface area contributed by atoms with E-state index in [4.69, 9.17) is 9.47 Å². The summed E-state index contributed by atoms with van der Waals surface area (Å²) >= 11 is 3.50. The minimum absolute atomic E-state index is 0.304. The summed E-state index contributed by atoms with van der Waals surface area (Å²) in [5.41, 5.74) is 1.12. The maximum atomic E-state index is 9.18. The number of hydrogen-bond acceptors (Lipinski definition) is 4. The van der Waals surface area contributed by atoms with Crippen molar-refractivity contribution < 1.29 is 14.6 Å². The first-order valence-corrected chi connectivity index (χ1v) is 6.71. The molecule has 0 radical (unpaired) electrons. The van der Waals surface area contributed by atoms with E-state index in [0.29, 0.717) is 13.2 Å². The molecule has 1 unspecified atom stereocenters. The number of aliphatic hydroxyl groups is 1. The number of methoxy groups -OCH3 is 1. The molecule has 18 heavy (non-hydrogen) atoms. The third-order valence-electron chi connectivity index (χ3n) is 2.31. The van der Waals surface area contributed by atoms with Crippen molar-refractivity contribution in [2.75, 3.05) is 26.9 Å². The van der Waals surface area contributed by atoms with E-state index in [1.807, 2.05) is 18.2 Å². The molecule has 0 aliphatic rings. The standard InChI is InChI=1S/C13H20BrNO3/c1-10(16)9-18-12-3-4-13(14)11(7-12)8-15-5-6-17-2/h3-4,7,10,15-16H,5-6,8-9H2,1-2H3. The quantitative estimate of drug-likeness (QED) is 0.719. The van der Waals surface area contributed by atoms with Crippen LogP contribution in [0.4, 0.5) is 0 Å². The van der Waals surface area contributed by atoms with Crippen molar-refractivity contribution in [2.24, 2.45) is 0 Å². The molecule has 0 aliphatic carbocycles. The number of aliphatic hydroxyl groups excluding tert-OH is 1. The molecule has 0 bridgehead atoms. The maximum Gasteiger partial charge on any atom is 0.119 e. The van der Waals surface area contributed by atoms with Crippen LogP contribution in [0.3, 0.4) is 0 Å². The number of nitrogens with one attached hydrogen (secondary N) is 1. The molecule has 0 aliphatic heterocycles. The van der Waals surface area contributed by atoms with Gasteiger partial charge in [-0.25, -0.2) is 0 Å². The van der Waals surface area contributed by atoms with Crippen LogP contribution in [0.25, 0.3) is 0 Å². The number of rotatable bonds is 8. The number of hydrogen-bond donors (Lipinski definition) is 2. The molecule has 0 spiro atoms. The van der Waals surface area contributed by atoms with Crippen LogP contribution in [0.1, 0.15) is 12.5 Å². The molecule has 0 fully saturated rings. The summed E-state index contributed by atoms with van der Waals surface area (Å²) in [4.78, 5) is 0. The molecule has 1 aromatic rings. The van der Waals surface area contributed by atoms with E-state index in [0.717, 1.165) is 28.9 Å². The zero-order valence-corrected chi connectivity index (χ0v) is 12.4. The van der Waals surface area contributed by atoms with E-state index in [1.165, 1.54) is 0 Å². The first-order chi connectivity index (χ1) is 8.63. The largest absolute Gasteiger partial charge is 0.491 e. The van der Waals surface area contributed by atoms with Gasteiger partial charge in [0.25, 0.3) is 0 Å². The van der Waals surface area contributed by atoms with Gasteiger partial charge in [-0.05, 0) is 30.7 Å². The van der Waals surface area contributed by atoms with Gasteiger partial charge in [-0.3, -0.25) is 0 Å². The highest BCUT2D eigenvalue weighted by Crippen LogP contribution is 2.22. The SMILES string of the molecule is COCCNCc1cc(OCC(C)O)ccc1Br. The van der Waals surface area contributed by atoms with Gasteiger partial charge in [0.05, 0.1) is 12.7 Å². The van der Waals surface area contributed by atoms with Gasteiger partial charge in [-0.2, -0.15) is 0 Å². The van der Waals surface area contributed by atoms with Gasteiger partial charge in [0.2, 0.25) is 0 Å². The lowest BCUT2D eigenvalue weighted by atomic mass is 10.2. The van der Waals surface area contributed by atoms with Gasteiger partial charge in [-0.15, -0.1) is 0 Å². The first-order valence-electron chi connectivity index (χ1n) is 5.92. The van der Waals surface area contributed by atoms with Gasteiger partial charge in [0.15, 0.2) is 0 Å². The summed E-state index contributed by atoms with van der Waals surface area (Å²) in [5.74, 6) is 0.766. The Hall–Kier alpha value is -0.620. The Morgan fingerprint density at radius 3 is 2.89 bits per heavy atom. The maximum absolute atomic E-state index is 9.18. The van der Waals surface area contributed by atoms with Gasteiger partial charge in [-0.1, -0.05) is 15.9 Å². The van der Waals surface area contributed by atoms with Crippen molar-refractivity contribution in [3.8, 4) is 5.75 Å². The van der Waals surface area contributed by atoms with Crippen LogP contribution in [0.2, 0.25) is 0 Å². The second kappa shape index (κ2) is 8.48. The highest BCUT2D eigenvalue weighted by atomic mass is 79.9. The molecule has 2 N–H and O–H groups in total. The lowest BCUT2D eigenvalue weighted by molar-refractivity contribution is 0.122. The Morgan fingerprint density at radius 1 is 1.44 bits per heavy atom. The Bertz CT molecular complexity index is 358. The number of ether oxygens (including phenoxy) is 2. The van der Waals surface area contributed by atoms with Crippen molar-refractivity contribution >= 4 is 15.9 Å². The zero-order chi connectivity index (χ0) is 13.4. The van der Waals surface area contributed by atoms with Crippen molar-refractivity contribution in [3.63, 3.8) is 0 Å². The average molecular weight is 318 g/mol. The molecule has 4 nitrogen and oxygen atoms in total. The smallest absolute Gasteiger partial charge is 0.119 e. The third kappa shape index (κ3) is 5.82. The van der Waals surface area contributed by atoms with Crippen molar-refractivity contribution in [2.45, 2.75) is 19.6 Å². The molecular weight excluding hydrogens is 298 g/mol. The topological polar surface area (TPSA) is 50.7 Å². The van der Waals surface area contributed by atoms with Gasteiger partial charge >= 0.3 is 0 Å². The van der Waals surface area contributed by atoms with Crippen molar-refractivity contribution in [1.82, 2.24) is 5.32 Å². The molecule has 1 rings (SSSR count). The van der Waals surface area contributed by atoms with Crippen LogP contribution in [-0.4, -0.2) is 38.1 Å². The number of halogens is 1. The van der Waals surface area contributed by atoms with E-state index in [-0.39, 0.29) is 0 Å². The summed E-state index contributed by atoms with van der Waals surface area (Å²) in [6.45, 7) is 4.25. The minimum atomic E-state index is -0.461. The third-order valence-corrected chi connectivity index (χ3v) is 3.08. The molecule has 0 saturated carbocycles. The summed E-state index contributed by atoms with van der Waals surface area (Å²) < 4.78 is 11.5. The summed E-state index contributed by atoms with van der Waals surface area (Å²) in [5, 5.41) is 12.5. The predicted molar refractivity (Wildman–Crippen MR) is 74.9 cm³/mol. The van der Waals surface area contributed by atoms with Crippen LogP contribution < -0.4 is 10.1 Å². The average Bonchev–Trinajstić information content (AvgIpc) is 2.35. The van der Waals surface area contributed by atoms with E-state index in [1.54, 1.807) is 14.0 Å². The van der Waals surface area contributed by atoms with Gasteiger partial charge < -0.3 is 19.9 Å². The fraction of sp³-hybridized carbons (Fsp3) is 0.538. The minimum Gasteiger partial charge on any atom is -0.491 e. The summed E-state index contributed by atoms with van der Waals surface area (Å²) in [7, 11) is 1.68. The van der Waals surface area contributed by atoms with Crippen LogP contribution in [0.15, 0.2) is 22.7 Å². The molecule has 5 heteroatoms. The van der Waals surface area contributed by atoms with E-state index >= 15 is 0 Å². The van der Waals surface area contributed by atoms with E-state index in [2.05, 4.69) is 21.2 Å². The predicted octanol–water partition coefficient (Wildman–Crippen LogP) is 1.94. The Kier molecular flexibility index (Phi) is 7.27. The van der Waals surface area contributed by atoms with Crippen molar-refractivity contribution in [3.05, 3.63) is 28.2 Å². The van der Waals surface area contributed by atoms with Crippen LogP contribution in [-0.2, 0) is 11.3 Å². The van der Waals surface area contributed by atoms with Crippen LogP contribution >= 0.6 is 15.9 Å². The fourth-order valence-electron chi connectivity index (χ4n) is 1.39. The second-order valence-electron chi connectivity index (χ2n) is 4.08. The highest BCUT2D eigenvalue weighted by molar-refractivity contribution is 9.10. The summed E-state index contributed by atoms with van der Waals surface area (Å²) in [6.07, 6.45) is -0.461. The zero-order valence-electron chi connectivity index (χ0n) is 10.8. The fourth-order valence-corrected chi connectivity index (χ4v) is 1.78. The molecule has 0 amide bonds. The van der Waals surface area contributed by atoms with E-state index < -0.39 is 6.10 Å². The molecule has 0 heterocycles. The molecule has 1 aromatic carbocycles. The summed E-state index contributed by atoms with van der Waals surface area (Å²) in [6, 6.07) is 5.79. The molecule has 0 saturated heterocycles. The normalized spacial score (nSPS) is 12.4.